The van der Waals surface area contributed by atoms with Gasteiger partial charge in [-0.3, -0.25) is 0 Å². The van der Waals surface area contributed by atoms with Crippen LogP contribution in [0, 0.1) is 0 Å². The van der Waals surface area contributed by atoms with Crippen LogP contribution in [0.4, 0.5) is 0 Å². The highest BCUT2D eigenvalue weighted by molar-refractivity contribution is 5.27. The summed E-state index contributed by atoms with van der Waals surface area (Å²) in [7, 11) is 0. The maximum absolute atomic E-state index is 5.68. The van der Waals surface area contributed by atoms with Gasteiger partial charge in [0.15, 0.2) is 5.82 Å². The van der Waals surface area contributed by atoms with Gasteiger partial charge in [-0.1, -0.05) is 30.7 Å². The largest absolute Gasteiger partial charge is 0.494 e. The van der Waals surface area contributed by atoms with Crippen LogP contribution in [0.1, 0.15) is 37.6 Å². The van der Waals surface area contributed by atoms with Crippen LogP contribution in [-0.2, 0) is 12.8 Å². The molecule has 102 valence electrons. The van der Waals surface area contributed by atoms with Crippen LogP contribution in [0.5, 0.6) is 5.75 Å². The maximum Gasteiger partial charge on any atom is 0.174 e. The normalized spacial score (nSPS) is 10.6. The second-order valence-corrected chi connectivity index (χ2v) is 4.53. The Bertz CT molecular complexity index is 453. The molecule has 19 heavy (non-hydrogen) atoms. The lowest BCUT2D eigenvalue weighted by molar-refractivity contribution is 0.310. The number of hydrogen-bond donors (Lipinski definition) is 1. The van der Waals surface area contributed by atoms with Gasteiger partial charge < -0.3 is 4.74 Å². The van der Waals surface area contributed by atoms with E-state index in [4.69, 9.17) is 4.74 Å². The Labute approximate surface area is 113 Å². The summed E-state index contributed by atoms with van der Waals surface area (Å²) < 4.78 is 5.68. The van der Waals surface area contributed by atoms with Crippen LogP contribution in [0.15, 0.2) is 24.3 Å². The van der Waals surface area contributed by atoms with Gasteiger partial charge in [-0.15, -0.1) is 10.2 Å². The topological polar surface area (TPSA) is 63.7 Å². The molecule has 0 atom stereocenters. The van der Waals surface area contributed by atoms with Crippen molar-refractivity contribution >= 4 is 0 Å². The standard InChI is InChI=1S/C14H20N4O/c1-2-3-5-12-7-9-13(10-8-12)19-11-4-6-14-15-17-18-16-14/h7-10H,2-6,11H2,1H3,(H,15,16,17,18). The quantitative estimate of drug-likeness (QED) is 0.741. The van der Waals surface area contributed by atoms with E-state index in [1.54, 1.807) is 0 Å². The van der Waals surface area contributed by atoms with Crippen molar-refractivity contribution in [3.8, 4) is 5.75 Å². The minimum absolute atomic E-state index is 0.669. The molecule has 5 nitrogen and oxygen atoms in total. The highest BCUT2D eigenvalue weighted by Gasteiger charge is 1.99. The molecule has 0 aliphatic carbocycles. The number of benzene rings is 1. The Kier molecular flexibility index (Phi) is 5.34. The van der Waals surface area contributed by atoms with E-state index in [2.05, 4.69) is 39.7 Å². The van der Waals surface area contributed by atoms with Gasteiger partial charge in [-0.25, -0.2) is 0 Å². The number of nitrogens with zero attached hydrogens (tertiary/aromatic N) is 3. The monoisotopic (exact) mass is 260 g/mol. The second-order valence-electron chi connectivity index (χ2n) is 4.53. The van der Waals surface area contributed by atoms with E-state index in [1.807, 2.05) is 12.1 Å². The molecule has 0 radical (unpaired) electrons. The summed E-state index contributed by atoms with van der Waals surface area (Å²) in [4.78, 5) is 0. The molecule has 0 aliphatic rings. The fourth-order valence-corrected chi connectivity index (χ4v) is 1.84. The van der Waals surface area contributed by atoms with Crippen molar-refractivity contribution < 1.29 is 4.74 Å². The lowest BCUT2D eigenvalue weighted by Gasteiger charge is -2.06. The molecule has 0 saturated carbocycles. The number of aromatic nitrogens is 4. The molecule has 1 heterocycles. The highest BCUT2D eigenvalue weighted by atomic mass is 16.5. The SMILES string of the molecule is CCCCc1ccc(OCCCc2nn[nH]n2)cc1. The van der Waals surface area contributed by atoms with Gasteiger partial charge in [0.1, 0.15) is 5.75 Å². The molecule has 2 aromatic rings. The first-order valence-electron chi connectivity index (χ1n) is 6.82. The zero-order chi connectivity index (χ0) is 13.3. The number of nitrogens with one attached hydrogen (secondary N) is 1. The number of aryl methyl sites for hydroxylation is 2. The first kappa shape index (κ1) is 13.5. The number of ether oxygens (including phenoxy) is 1. The van der Waals surface area contributed by atoms with Crippen molar-refractivity contribution in [1.82, 2.24) is 20.6 Å². The predicted octanol–water partition coefficient (Wildman–Crippen LogP) is 2.55. The van der Waals surface area contributed by atoms with E-state index >= 15 is 0 Å². The summed E-state index contributed by atoms with van der Waals surface area (Å²) in [6.45, 7) is 2.88. The molecule has 0 aliphatic heterocycles. The molecule has 0 amide bonds. The molecule has 0 unspecified atom stereocenters. The maximum atomic E-state index is 5.68. The van der Waals surface area contributed by atoms with Gasteiger partial charge in [0.05, 0.1) is 6.61 Å². The third-order valence-electron chi connectivity index (χ3n) is 2.95. The van der Waals surface area contributed by atoms with E-state index in [0.29, 0.717) is 6.61 Å². The molecule has 0 spiro atoms. The van der Waals surface area contributed by atoms with Crippen molar-refractivity contribution in [2.24, 2.45) is 0 Å². The minimum Gasteiger partial charge on any atom is -0.494 e. The number of rotatable bonds is 8. The van der Waals surface area contributed by atoms with Crippen LogP contribution in [-0.4, -0.2) is 27.2 Å². The molecule has 0 fully saturated rings. The molecule has 1 N–H and O–H groups in total. The van der Waals surface area contributed by atoms with Crippen LogP contribution < -0.4 is 4.74 Å². The molecular formula is C14H20N4O. The zero-order valence-electron chi connectivity index (χ0n) is 11.3. The average Bonchev–Trinajstić information content (AvgIpc) is 2.96. The fourth-order valence-electron chi connectivity index (χ4n) is 1.84. The predicted molar refractivity (Wildman–Crippen MR) is 73.0 cm³/mol. The summed E-state index contributed by atoms with van der Waals surface area (Å²) in [5.41, 5.74) is 1.38. The summed E-state index contributed by atoms with van der Waals surface area (Å²) in [6, 6.07) is 8.37. The van der Waals surface area contributed by atoms with Crippen molar-refractivity contribution in [3.05, 3.63) is 35.7 Å². The van der Waals surface area contributed by atoms with Crippen LogP contribution in [0.2, 0.25) is 0 Å². The van der Waals surface area contributed by atoms with Crippen LogP contribution >= 0.6 is 0 Å². The van der Waals surface area contributed by atoms with Crippen LogP contribution in [0.25, 0.3) is 0 Å². The zero-order valence-corrected chi connectivity index (χ0v) is 11.3. The Morgan fingerprint density at radius 1 is 1.11 bits per heavy atom. The average molecular weight is 260 g/mol. The Morgan fingerprint density at radius 3 is 2.63 bits per heavy atom. The van der Waals surface area contributed by atoms with E-state index < -0.39 is 0 Å². The molecular weight excluding hydrogens is 240 g/mol. The van der Waals surface area contributed by atoms with Crippen molar-refractivity contribution in [1.29, 1.82) is 0 Å². The number of tetrazole rings is 1. The van der Waals surface area contributed by atoms with Crippen molar-refractivity contribution in [2.75, 3.05) is 6.61 Å². The number of aromatic amines is 1. The molecule has 2 rings (SSSR count). The molecule has 0 saturated heterocycles. The highest BCUT2D eigenvalue weighted by Crippen LogP contribution is 2.14. The Morgan fingerprint density at radius 2 is 1.95 bits per heavy atom. The molecule has 0 bridgehead atoms. The van der Waals surface area contributed by atoms with E-state index in [9.17, 15) is 0 Å². The van der Waals surface area contributed by atoms with Crippen molar-refractivity contribution in [2.45, 2.75) is 39.0 Å². The Balaban J connectivity index is 1.68. The lowest BCUT2D eigenvalue weighted by Crippen LogP contribution is -2.00. The summed E-state index contributed by atoms with van der Waals surface area (Å²) in [6.07, 6.45) is 5.29. The third kappa shape index (κ3) is 4.69. The number of H-pyrrole nitrogens is 1. The second kappa shape index (κ2) is 7.51. The van der Waals surface area contributed by atoms with Crippen LogP contribution in [0.3, 0.4) is 0 Å². The summed E-state index contributed by atoms with van der Waals surface area (Å²) in [5, 5.41) is 13.8. The summed E-state index contributed by atoms with van der Waals surface area (Å²) >= 11 is 0. The first-order chi connectivity index (χ1) is 9.38. The number of hydrogen-bond acceptors (Lipinski definition) is 4. The van der Waals surface area contributed by atoms with Gasteiger partial charge >= 0.3 is 0 Å². The molecule has 1 aromatic carbocycles. The van der Waals surface area contributed by atoms with Gasteiger partial charge in [-0.05, 0) is 37.0 Å². The fraction of sp³-hybridized carbons (Fsp3) is 0.500. The molecule has 5 heteroatoms. The van der Waals surface area contributed by atoms with E-state index in [-0.39, 0.29) is 0 Å². The smallest absolute Gasteiger partial charge is 0.174 e. The Hall–Kier alpha value is -1.91. The summed E-state index contributed by atoms with van der Waals surface area (Å²) in [5.74, 6) is 1.66. The third-order valence-corrected chi connectivity index (χ3v) is 2.95. The minimum atomic E-state index is 0.669. The lowest BCUT2D eigenvalue weighted by atomic mass is 10.1. The van der Waals surface area contributed by atoms with Gasteiger partial charge in [0.25, 0.3) is 0 Å². The van der Waals surface area contributed by atoms with Gasteiger partial charge in [0.2, 0.25) is 0 Å². The van der Waals surface area contributed by atoms with Crippen molar-refractivity contribution in [3.63, 3.8) is 0 Å². The van der Waals surface area contributed by atoms with Gasteiger partial charge in [0, 0.05) is 6.42 Å². The first-order valence-corrected chi connectivity index (χ1v) is 6.82. The number of unbranched alkanes of at least 4 members (excludes halogenated alkanes) is 1. The van der Waals surface area contributed by atoms with Gasteiger partial charge in [-0.2, -0.15) is 5.21 Å². The van der Waals surface area contributed by atoms with E-state index in [0.717, 1.165) is 30.8 Å². The van der Waals surface area contributed by atoms with E-state index in [1.165, 1.54) is 18.4 Å². The molecule has 1 aromatic heterocycles.